The average Bonchev–Trinajstić information content (AvgIpc) is 2.28. The third-order valence-corrected chi connectivity index (χ3v) is 3.72. The Labute approximate surface area is 106 Å². The molecule has 1 atom stereocenters. The lowest BCUT2D eigenvalue weighted by atomic mass is 9.85. The zero-order valence-electron chi connectivity index (χ0n) is 12.0. The Morgan fingerprint density at radius 2 is 1.76 bits per heavy atom. The van der Waals surface area contributed by atoms with Crippen molar-refractivity contribution in [2.24, 2.45) is 5.41 Å². The van der Waals surface area contributed by atoms with Gasteiger partial charge in [-0.2, -0.15) is 0 Å². The minimum atomic E-state index is 0.244. The predicted molar refractivity (Wildman–Crippen MR) is 76.8 cm³/mol. The molecule has 1 rings (SSSR count). The average molecular weight is 234 g/mol. The number of hydrogen-bond donors (Lipinski definition) is 1. The summed E-state index contributed by atoms with van der Waals surface area (Å²) in [6.45, 7) is 10.0. The van der Waals surface area contributed by atoms with Crippen LogP contribution in [0.3, 0.4) is 0 Å². The van der Waals surface area contributed by atoms with Gasteiger partial charge in [0.05, 0.1) is 0 Å². The largest absolute Gasteiger partial charge is 0.374 e. The monoisotopic (exact) mass is 234 g/mol. The number of anilines is 1. The summed E-state index contributed by atoms with van der Waals surface area (Å²) in [5, 5.41) is 3.34. The summed E-state index contributed by atoms with van der Waals surface area (Å²) in [4.78, 5) is 2.33. The minimum absolute atomic E-state index is 0.244. The standard InChI is InChI=1S/C15H26N2/c1-12-7-9-14(10-8-12)17(6)11-15(3,4)13(2)16-5/h7-10,13,16H,11H2,1-6H3. The van der Waals surface area contributed by atoms with Gasteiger partial charge in [0, 0.05) is 25.3 Å². The van der Waals surface area contributed by atoms with Gasteiger partial charge in [-0.25, -0.2) is 0 Å². The van der Waals surface area contributed by atoms with Crippen LogP contribution in [-0.4, -0.2) is 26.7 Å². The molecule has 96 valence electrons. The molecule has 1 aromatic carbocycles. The molecule has 0 aliphatic rings. The van der Waals surface area contributed by atoms with Crippen molar-refractivity contribution in [1.82, 2.24) is 5.32 Å². The predicted octanol–water partition coefficient (Wildman–Crippen LogP) is 3.07. The van der Waals surface area contributed by atoms with E-state index in [9.17, 15) is 0 Å². The van der Waals surface area contributed by atoms with Gasteiger partial charge in [-0.15, -0.1) is 0 Å². The number of rotatable bonds is 5. The summed E-state index contributed by atoms with van der Waals surface area (Å²) < 4.78 is 0. The third kappa shape index (κ3) is 3.74. The van der Waals surface area contributed by atoms with Crippen LogP contribution in [0.5, 0.6) is 0 Å². The van der Waals surface area contributed by atoms with Gasteiger partial charge in [0.2, 0.25) is 0 Å². The smallest absolute Gasteiger partial charge is 0.0363 e. The third-order valence-electron chi connectivity index (χ3n) is 3.72. The molecule has 17 heavy (non-hydrogen) atoms. The van der Waals surface area contributed by atoms with Crippen molar-refractivity contribution < 1.29 is 0 Å². The fourth-order valence-corrected chi connectivity index (χ4v) is 2.03. The first-order chi connectivity index (χ1) is 7.86. The summed E-state index contributed by atoms with van der Waals surface area (Å²) in [5.41, 5.74) is 2.84. The van der Waals surface area contributed by atoms with Crippen molar-refractivity contribution in [2.45, 2.75) is 33.7 Å². The summed E-state index contributed by atoms with van der Waals surface area (Å²) >= 11 is 0. The van der Waals surface area contributed by atoms with E-state index in [1.54, 1.807) is 0 Å². The molecule has 0 aliphatic carbocycles. The van der Waals surface area contributed by atoms with E-state index in [0.717, 1.165) is 6.54 Å². The normalized spacial score (nSPS) is 13.5. The molecule has 0 radical (unpaired) electrons. The van der Waals surface area contributed by atoms with Crippen LogP contribution in [0.1, 0.15) is 26.3 Å². The van der Waals surface area contributed by atoms with Crippen LogP contribution < -0.4 is 10.2 Å². The highest BCUT2D eigenvalue weighted by Gasteiger charge is 2.26. The Bertz CT molecular complexity index is 340. The van der Waals surface area contributed by atoms with E-state index < -0.39 is 0 Å². The fourth-order valence-electron chi connectivity index (χ4n) is 2.03. The second-order valence-electron chi connectivity index (χ2n) is 5.69. The van der Waals surface area contributed by atoms with Crippen molar-refractivity contribution in [2.75, 3.05) is 25.5 Å². The van der Waals surface area contributed by atoms with E-state index in [2.05, 4.69) is 69.2 Å². The highest BCUT2D eigenvalue weighted by molar-refractivity contribution is 5.46. The summed E-state index contributed by atoms with van der Waals surface area (Å²) in [7, 11) is 4.19. The van der Waals surface area contributed by atoms with Crippen molar-refractivity contribution in [3.8, 4) is 0 Å². The van der Waals surface area contributed by atoms with Crippen LogP contribution in [0, 0.1) is 12.3 Å². The van der Waals surface area contributed by atoms with Gasteiger partial charge < -0.3 is 10.2 Å². The highest BCUT2D eigenvalue weighted by Crippen LogP contribution is 2.24. The lowest BCUT2D eigenvalue weighted by Crippen LogP contribution is -2.44. The van der Waals surface area contributed by atoms with E-state index in [-0.39, 0.29) is 5.41 Å². The molecular formula is C15H26N2. The second kappa shape index (κ2) is 5.54. The number of nitrogens with zero attached hydrogens (tertiary/aromatic N) is 1. The Kier molecular flexibility index (Phi) is 4.58. The van der Waals surface area contributed by atoms with Gasteiger partial charge in [-0.3, -0.25) is 0 Å². The molecule has 0 aromatic heterocycles. The summed E-state index contributed by atoms with van der Waals surface area (Å²) in [5.74, 6) is 0. The molecule has 0 heterocycles. The lowest BCUT2D eigenvalue weighted by Gasteiger charge is -2.36. The summed E-state index contributed by atoms with van der Waals surface area (Å²) in [6.07, 6.45) is 0. The Hall–Kier alpha value is -1.02. The zero-order valence-corrected chi connectivity index (χ0v) is 12.0. The maximum absolute atomic E-state index is 3.34. The van der Waals surface area contributed by atoms with Gasteiger partial charge in [0.25, 0.3) is 0 Å². The van der Waals surface area contributed by atoms with Gasteiger partial charge in [-0.05, 0) is 38.4 Å². The van der Waals surface area contributed by atoms with Crippen molar-refractivity contribution in [3.05, 3.63) is 29.8 Å². The number of hydrogen-bond acceptors (Lipinski definition) is 2. The molecule has 0 aliphatic heterocycles. The summed E-state index contributed by atoms with van der Waals surface area (Å²) in [6, 6.07) is 9.21. The number of nitrogens with one attached hydrogen (secondary N) is 1. The van der Waals surface area contributed by atoms with Crippen LogP contribution in [0.15, 0.2) is 24.3 Å². The first kappa shape index (κ1) is 14.0. The Morgan fingerprint density at radius 1 is 1.24 bits per heavy atom. The molecule has 0 saturated heterocycles. The SMILES string of the molecule is CNC(C)C(C)(C)CN(C)c1ccc(C)cc1. The fraction of sp³-hybridized carbons (Fsp3) is 0.600. The molecular weight excluding hydrogens is 208 g/mol. The molecule has 0 amide bonds. The van der Waals surface area contributed by atoms with E-state index >= 15 is 0 Å². The lowest BCUT2D eigenvalue weighted by molar-refractivity contribution is 0.275. The van der Waals surface area contributed by atoms with E-state index in [0.29, 0.717) is 6.04 Å². The van der Waals surface area contributed by atoms with Crippen molar-refractivity contribution in [3.63, 3.8) is 0 Å². The minimum Gasteiger partial charge on any atom is -0.374 e. The van der Waals surface area contributed by atoms with E-state index in [1.165, 1.54) is 11.3 Å². The molecule has 0 fully saturated rings. The molecule has 0 saturated carbocycles. The van der Waals surface area contributed by atoms with E-state index in [1.807, 2.05) is 7.05 Å². The maximum Gasteiger partial charge on any atom is 0.0363 e. The number of aryl methyl sites for hydroxylation is 1. The second-order valence-corrected chi connectivity index (χ2v) is 5.69. The van der Waals surface area contributed by atoms with Gasteiger partial charge >= 0.3 is 0 Å². The zero-order chi connectivity index (χ0) is 13.1. The molecule has 1 unspecified atom stereocenters. The van der Waals surface area contributed by atoms with Gasteiger partial charge in [0.1, 0.15) is 0 Å². The van der Waals surface area contributed by atoms with E-state index in [4.69, 9.17) is 0 Å². The molecule has 2 heteroatoms. The molecule has 0 bridgehead atoms. The van der Waals surface area contributed by atoms with Crippen molar-refractivity contribution in [1.29, 1.82) is 0 Å². The first-order valence-corrected chi connectivity index (χ1v) is 6.32. The van der Waals surface area contributed by atoms with Gasteiger partial charge in [0.15, 0.2) is 0 Å². The van der Waals surface area contributed by atoms with Crippen LogP contribution in [0.25, 0.3) is 0 Å². The number of benzene rings is 1. The maximum atomic E-state index is 3.34. The van der Waals surface area contributed by atoms with Crippen molar-refractivity contribution >= 4 is 5.69 Å². The molecule has 2 nitrogen and oxygen atoms in total. The van der Waals surface area contributed by atoms with Crippen LogP contribution in [-0.2, 0) is 0 Å². The highest BCUT2D eigenvalue weighted by atomic mass is 15.1. The topological polar surface area (TPSA) is 15.3 Å². The van der Waals surface area contributed by atoms with Crippen LogP contribution >= 0.6 is 0 Å². The Balaban J connectivity index is 2.71. The van der Waals surface area contributed by atoms with Gasteiger partial charge in [-0.1, -0.05) is 31.5 Å². The Morgan fingerprint density at radius 3 is 2.24 bits per heavy atom. The first-order valence-electron chi connectivity index (χ1n) is 6.32. The molecule has 0 spiro atoms. The van der Waals surface area contributed by atoms with Crippen LogP contribution in [0.2, 0.25) is 0 Å². The molecule has 1 N–H and O–H groups in total. The quantitative estimate of drug-likeness (QED) is 0.842. The molecule has 1 aromatic rings. The van der Waals surface area contributed by atoms with Crippen LogP contribution in [0.4, 0.5) is 5.69 Å².